The topological polar surface area (TPSA) is 52.9 Å². The van der Waals surface area contributed by atoms with E-state index in [2.05, 4.69) is 5.32 Å². The molecule has 0 saturated carbocycles. The molecule has 3 nitrogen and oxygen atoms in total. The van der Waals surface area contributed by atoms with Gasteiger partial charge in [-0.25, -0.2) is 4.39 Å². The highest BCUT2D eigenvalue weighted by atomic mass is 19.4. The van der Waals surface area contributed by atoms with Crippen LogP contribution in [0.4, 0.5) is 36.4 Å². The molecule has 1 N–H and O–H groups in total. The predicted octanol–water partition coefficient (Wildman–Crippen LogP) is 7.12. The summed E-state index contributed by atoms with van der Waals surface area (Å²) < 4.78 is 95.0. The summed E-state index contributed by atoms with van der Waals surface area (Å²) in [5, 5.41) is 12.6. The largest absolute Gasteiger partial charge is 0.435 e. The molecule has 0 aliphatic heterocycles. The first-order valence-electron chi connectivity index (χ1n) is 9.95. The van der Waals surface area contributed by atoms with Crippen LogP contribution in [0.3, 0.4) is 0 Å². The summed E-state index contributed by atoms with van der Waals surface area (Å²) in [7, 11) is 0. The summed E-state index contributed by atoms with van der Waals surface area (Å²) in [6.45, 7) is 2.65. The molecular weight excluding hydrogens is 465 g/mol. The Hall–Kier alpha value is -3.61. The lowest BCUT2D eigenvalue weighted by Crippen LogP contribution is -2.51. The van der Waals surface area contributed by atoms with Crippen LogP contribution in [0.15, 0.2) is 48.5 Å². The Kier molecular flexibility index (Phi) is 6.35. The summed E-state index contributed by atoms with van der Waals surface area (Å²) in [6.07, 6.45) is -12.9. The Morgan fingerprint density at radius 3 is 2.06 bits per heavy atom. The molecule has 0 aromatic heterocycles. The van der Waals surface area contributed by atoms with Gasteiger partial charge in [0, 0.05) is 16.8 Å². The van der Waals surface area contributed by atoms with E-state index in [1.54, 1.807) is 18.2 Å². The minimum absolute atomic E-state index is 0.0715. The maximum Gasteiger partial charge on any atom is 0.435 e. The molecule has 3 rings (SSSR count). The number of nitriles is 1. The van der Waals surface area contributed by atoms with Gasteiger partial charge in [-0.3, -0.25) is 4.79 Å². The maximum absolute atomic E-state index is 14.8. The summed E-state index contributed by atoms with van der Waals surface area (Å²) >= 11 is 0. The van der Waals surface area contributed by atoms with Gasteiger partial charge in [-0.15, -0.1) is 0 Å². The van der Waals surface area contributed by atoms with E-state index in [4.69, 9.17) is 5.26 Å². The fourth-order valence-corrected chi connectivity index (χ4v) is 3.74. The van der Waals surface area contributed by atoms with E-state index >= 15 is 0 Å². The number of hydrogen-bond donors (Lipinski definition) is 1. The number of hydrogen-bond acceptors (Lipinski definition) is 2. The van der Waals surface area contributed by atoms with Crippen LogP contribution in [-0.4, -0.2) is 18.3 Å². The van der Waals surface area contributed by atoms with Crippen LogP contribution in [-0.2, 0) is 12.1 Å². The van der Waals surface area contributed by atoms with Crippen LogP contribution in [0.5, 0.6) is 0 Å². The van der Waals surface area contributed by atoms with E-state index in [1.165, 1.54) is 32.0 Å². The monoisotopic (exact) mass is 482 g/mol. The van der Waals surface area contributed by atoms with Gasteiger partial charge >= 0.3 is 18.0 Å². The van der Waals surface area contributed by atoms with Crippen LogP contribution < -0.4 is 5.32 Å². The summed E-state index contributed by atoms with van der Waals surface area (Å²) in [5.41, 5.74) is -7.51. The zero-order chi connectivity index (χ0) is 25.5. The SMILES string of the molecule is CCc1c(C(F)(C(F)(F)F)C(F)(F)F)ccc(C)c1NC(=O)c1ccc2cc(C#N)ccc2c1. The number of aryl methyl sites for hydroxylation is 1. The van der Waals surface area contributed by atoms with E-state index in [0.717, 1.165) is 6.07 Å². The fourth-order valence-electron chi connectivity index (χ4n) is 3.74. The lowest BCUT2D eigenvalue weighted by Gasteiger charge is -2.32. The standard InChI is InChI=1S/C24H17F7N2O/c1-3-18-19(22(25,23(26,27)28)24(29,30)31)9-4-13(2)20(18)33-21(34)17-8-7-15-10-14(12-32)5-6-16(15)11-17/h4-11H,3H2,1-2H3,(H,33,34). The number of rotatable bonds is 4. The summed E-state index contributed by atoms with van der Waals surface area (Å²) in [5.74, 6) is -0.801. The Bertz CT molecular complexity index is 1290. The van der Waals surface area contributed by atoms with Crippen molar-refractivity contribution < 1.29 is 35.5 Å². The van der Waals surface area contributed by atoms with Gasteiger partial charge in [0.25, 0.3) is 5.91 Å². The molecule has 178 valence electrons. The molecule has 0 heterocycles. The quantitative estimate of drug-likeness (QED) is 0.403. The highest BCUT2D eigenvalue weighted by Crippen LogP contribution is 2.55. The molecule has 3 aromatic rings. The van der Waals surface area contributed by atoms with Crippen molar-refractivity contribution in [3.05, 3.63) is 76.3 Å². The molecule has 0 bridgehead atoms. The third-order valence-corrected chi connectivity index (χ3v) is 5.50. The van der Waals surface area contributed by atoms with Crippen LogP contribution in [0.25, 0.3) is 10.8 Å². The molecule has 0 saturated heterocycles. The van der Waals surface area contributed by atoms with E-state index in [9.17, 15) is 35.5 Å². The molecule has 0 aliphatic rings. The first kappa shape index (κ1) is 25.0. The van der Waals surface area contributed by atoms with Crippen LogP contribution in [0.1, 0.15) is 39.5 Å². The number of anilines is 1. The van der Waals surface area contributed by atoms with Crippen molar-refractivity contribution in [1.82, 2.24) is 0 Å². The molecule has 34 heavy (non-hydrogen) atoms. The molecular formula is C24H17F7N2O. The Balaban J connectivity index is 2.10. The van der Waals surface area contributed by atoms with Gasteiger partial charge in [0.1, 0.15) is 0 Å². The van der Waals surface area contributed by atoms with Gasteiger partial charge in [-0.05, 0) is 59.5 Å². The maximum atomic E-state index is 14.8. The summed E-state index contributed by atoms with van der Waals surface area (Å²) in [6, 6.07) is 12.5. The second-order valence-corrected chi connectivity index (χ2v) is 7.63. The highest BCUT2D eigenvalue weighted by Gasteiger charge is 2.74. The average molecular weight is 482 g/mol. The number of carbonyl (C=O) groups is 1. The second kappa shape index (κ2) is 8.63. The van der Waals surface area contributed by atoms with E-state index in [1.807, 2.05) is 6.07 Å². The normalized spacial score (nSPS) is 12.5. The lowest BCUT2D eigenvalue weighted by atomic mass is 9.86. The van der Waals surface area contributed by atoms with Crippen molar-refractivity contribution >= 4 is 22.4 Å². The Labute approximate surface area is 189 Å². The highest BCUT2D eigenvalue weighted by molar-refractivity contribution is 6.07. The first-order valence-corrected chi connectivity index (χ1v) is 9.95. The van der Waals surface area contributed by atoms with Gasteiger partial charge in [-0.2, -0.15) is 31.6 Å². The molecule has 0 atom stereocenters. The van der Waals surface area contributed by atoms with E-state index in [0.29, 0.717) is 22.4 Å². The molecule has 1 amide bonds. The van der Waals surface area contributed by atoms with Crippen molar-refractivity contribution in [2.75, 3.05) is 5.32 Å². The zero-order valence-electron chi connectivity index (χ0n) is 17.8. The van der Waals surface area contributed by atoms with Gasteiger partial charge in [-0.1, -0.05) is 31.2 Å². The number of fused-ring (bicyclic) bond motifs is 1. The smallest absolute Gasteiger partial charge is 0.321 e. The molecule has 0 spiro atoms. The van der Waals surface area contributed by atoms with E-state index < -0.39 is 41.5 Å². The number of alkyl halides is 7. The van der Waals surface area contributed by atoms with Gasteiger partial charge < -0.3 is 5.32 Å². The Morgan fingerprint density at radius 2 is 1.50 bits per heavy atom. The minimum Gasteiger partial charge on any atom is -0.321 e. The van der Waals surface area contributed by atoms with Gasteiger partial charge in [0.15, 0.2) is 0 Å². The van der Waals surface area contributed by atoms with Crippen molar-refractivity contribution in [2.24, 2.45) is 0 Å². The van der Waals surface area contributed by atoms with Crippen LogP contribution >= 0.6 is 0 Å². The first-order chi connectivity index (χ1) is 15.7. The molecule has 0 unspecified atom stereocenters. The lowest BCUT2D eigenvalue weighted by molar-refractivity contribution is -0.348. The summed E-state index contributed by atoms with van der Waals surface area (Å²) in [4.78, 5) is 12.9. The molecule has 3 aromatic carbocycles. The second-order valence-electron chi connectivity index (χ2n) is 7.63. The third kappa shape index (κ3) is 4.18. The fraction of sp³-hybridized carbons (Fsp3) is 0.250. The number of nitrogens with zero attached hydrogens (tertiary/aromatic N) is 1. The number of halogens is 7. The van der Waals surface area contributed by atoms with Crippen molar-refractivity contribution in [2.45, 2.75) is 38.3 Å². The molecule has 0 fully saturated rings. The van der Waals surface area contributed by atoms with Gasteiger partial charge in [0.05, 0.1) is 11.6 Å². The van der Waals surface area contributed by atoms with Crippen molar-refractivity contribution in [1.29, 1.82) is 5.26 Å². The average Bonchev–Trinajstić information content (AvgIpc) is 2.77. The van der Waals surface area contributed by atoms with Gasteiger partial charge in [0.2, 0.25) is 0 Å². The molecule has 0 aliphatic carbocycles. The van der Waals surface area contributed by atoms with Crippen LogP contribution in [0.2, 0.25) is 0 Å². The molecule has 10 heteroatoms. The van der Waals surface area contributed by atoms with E-state index in [-0.39, 0.29) is 16.8 Å². The van der Waals surface area contributed by atoms with Crippen molar-refractivity contribution in [3.8, 4) is 6.07 Å². The number of carbonyl (C=O) groups excluding carboxylic acids is 1. The Morgan fingerprint density at radius 1 is 0.912 bits per heavy atom. The number of nitrogens with one attached hydrogen (secondary N) is 1. The predicted molar refractivity (Wildman–Crippen MR) is 112 cm³/mol. The molecule has 0 radical (unpaired) electrons. The third-order valence-electron chi connectivity index (χ3n) is 5.50. The van der Waals surface area contributed by atoms with Crippen LogP contribution in [0, 0.1) is 18.3 Å². The number of amides is 1. The van der Waals surface area contributed by atoms with Crippen molar-refractivity contribution in [3.63, 3.8) is 0 Å². The zero-order valence-corrected chi connectivity index (χ0v) is 17.8. The number of benzene rings is 3. The minimum atomic E-state index is -6.27.